The summed E-state index contributed by atoms with van der Waals surface area (Å²) in [5.41, 5.74) is 5.11. The Kier molecular flexibility index (Phi) is 4.10. The Morgan fingerprint density at radius 1 is 1.17 bits per heavy atom. The molecule has 18 heavy (non-hydrogen) atoms. The van der Waals surface area contributed by atoms with E-state index in [2.05, 4.69) is 49.7 Å². The maximum Gasteiger partial charge on any atom is 0.0686 e. The molecule has 0 radical (unpaired) electrons. The quantitative estimate of drug-likeness (QED) is 0.863. The molecular formula is C15H18ClNS. The Hall–Kier alpha value is -0.830. The molecule has 0 spiro atoms. The van der Waals surface area contributed by atoms with Gasteiger partial charge >= 0.3 is 0 Å². The van der Waals surface area contributed by atoms with Gasteiger partial charge in [-0.1, -0.05) is 29.8 Å². The summed E-state index contributed by atoms with van der Waals surface area (Å²) in [6, 6.07) is 6.61. The summed E-state index contributed by atoms with van der Waals surface area (Å²) < 4.78 is 0. The van der Waals surface area contributed by atoms with Crippen LogP contribution in [0.3, 0.4) is 0 Å². The summed E-state index contributed by atoms with van der Waals surface area (Å²) in [5, 5.41) is 6.39. The van der Waals surface area contributed by atoms with Crippen LogP contribution in [0, 0.1) is 20.8 Å². The van der Waals surface area contributed by atoms with Crippen LogP contribution in [-0.4, -0.2) is 7.05 Å². The molecule has 2 aromatic rings. The molecule has 1 heterocycles. The van der Waals surface area contributed by atoms with Gasteiger partial charge < -0.3 is 5.32 Å². The third kappa shape index (κ3) is 2.33. The van der Waals surface area contributed by atoms with Crippen molar-refractivity contribution in [2.75, 3.05) is 7.05 Å². The molecule has 0 fully saturated rings. The van der Waals surface area contributed by atoms with E-state index < -0.39 is 0 Å². The van der Waals surface area contributed by atoms with Crippen LogP contribution in [-0.2, 0) is 0 Å². The Bertz CT molecular complexity index is 560. The van der Waals surface area contributed by atoms with Crippen LogP contribution < -0.4 is 5.32 Å². The highest BCUT2D eigenvalue weighted by Crippen LogP contribution is 2.36. The second-order valence-electron chi connectivity index (χ2n) is 4.61. The summed E-state index contributed by atoms with van der Waals surface area (Å²) in [6.07, 6.45) is 0. The van der Waals surface area contributed by atoms with Crippen molar-refractivity contribution in [3.63, 3.8) is 0 Å². The number of hydrogen-bond donors (Lipinski definition) is 1. The van der Waals surface area contributed by atoms with Crippen LogP contribution in [0.5, 0.6) is 0 Å². The first-order chi connectivity index (χ1) is 8.56. The second-order valence-corrected chi connectivity index (χ2v) is 5.90. The lowest BCUT2D eigenvalue weighted by Gasteiger charge is -2.19. The first kappa shape index (κ1) is 13.6. The molecule has 0 bridgehead atoms. The standard InChI is InChI=1S/C15H18ClNS/c1-9-6-5-7-12(11(9)3)14(17-4)15-13(16)10(2)8-18-15/h5-8,14,17H,1-4H3. The monoisotopic (exact) mass is 279 g/mol. The van der Waals surface area contributed by atoms with E-state index in [0.29, 0.717) is 0 Å². The predicted octanol–water partition coefficient (Wildman–Crippen LogP) is 4.64. The summed E-state index contributed by atoms with van der Waals surface area (Å²) in [4.78, 5) is 1.20. The Morgan fingerprint density at radius 3 is 2.44 bits per heavy atom. The van der Waals surface area contributed by atoms with E-state index in [0.717, 1.165) is 10.6 Å². The van der Waals surface area contributed by atoms with E-state index in [-0.39, 0.29) is 6.04 Å². The van der Waals surface area contributed by atoms with E-state index in [9.17, 15) is 0 Å². The molecular weight excluding hydrogens is 262 g/mol. The highest BCUT2D eigenvalue weighted by atomic mass is 35.5. The Morgan fingerprint density at radius 2 is 1.89 bits per heavy atom. The van der Waals surface area contributed by atoms with Gasteiger partial charge in [-0.2, -0.15) is 0 Å². The lowest BCUT2D eigenvalue weighted by Crippen LogP contribution is -2.18. The van der Waals surface area contributed by atoms with Crippen LogP contribution >= 0.6 is 22.9 Å². The van der Waals surface area contributed by atoms with Crippen molar-refractivity contribution >= 4 is 22.9 Å². The van der Waals surface area contributed by atoms with Gasteiger partial charge in [0.1, 0.15) is 0 Å². The second kappa shape index (κ2) is 5.43. The van der Waals surface area contributed by atoms with E-state index in [1.165, 1.54) is 21.6 Å². The van der Waals surface area contributed by atoms with Crippen LogP contribution in [0.15, 0.2) is 23.6 Å². The average Bonchev–Trinajstić information content (AvgIpc) is 2.68. The van der Waals surface area contributed by atoms with E-state index in [1.54, 1.807) is 11.3 Å². The molecule has 0 amide bonds. The fourth-order valence-corrected chi connectivity index (χ4v) is 3.59. The number of thiophene rings is 1. The zero-order valence-electron chi connectivity index (χ0n) is 11.2. The van der Waals surface area contributed by atoms with Gasteiger partial charge in [-0.3, -0.25) is 0 Å². The molecule has 1 nitrogen and oxygen atoms in total. The number of nitrogens with one attached hydrogen (secondary N) is 1. The van der Waals surface area contributed by atoms with Crippen molar-refractivity contribution in [2.24, 2.45) is 0 Å². The van der Waals surface area contributed by atoms with Crippen molar-refractivity contribution in [3.05, 3.63) is 55.7 Å². The SMILES string of the molecule is CNC(c1cccc(C)c1C)c1scc(C)c1Cl. The van der Waals surface area contributed by atoms with Gasteiger partial charge in [-0.15, -0.1) is 11.3 Å². The molecule has 0 saturated heterocycles. The van der Waals surface area contributed by atoms with Crippen molar-refractivity contribution in [1.29, 1.82) is 0 Å². The third-order valence-corrected chi connectivity index (χ3v) is 5.21. The molecule has 1 atom stereocenters. The van der Waals surface area contributed by atoms with Gasteiger partial charge in [-0.05, 0) is 55.5 Å². The minimum Gasteiger partial charge on any atom is -0.309 e. The number of aryl methyl sites for hydroxylation is 2. The lowest BCUT2D eigenvalue weighted by molar-refractivity contribution is 0.698. The van der Waals surface area contributed by atoms with Crippen molar-refractivity contribution < 1.29 is 0 Å². The average molecular weight is 280 g/mol. The molecule has 0 aliphatic rings. The highest BCUT2D eigenvalue weighted by Gasteiger charge is 2.20. The minimum atomic E-state index is 0.177. The first-order valence-electron chi connectivity index (χ1n) is 6.03. The van der Waals surface area contributed by atoms with Crippen molar-refractivity contribution in [3.8, 4) is 0 Å². The molecule has 1 aromatic carbocycles. The fraction of sp³-hybridized carbons (Fsp3) is 0.333. The largest absolute Gasteiger partial charge is 0.309 e. The maximum absolute atomic E-state index is 6.39. The van der Waals surface area contributed by atoms with E-state index >= 15 is 0 Å². The van der Waals surface area contributed by atoms with Crippen LogP contribution in [0.25, 0.3) is 0 Å². The first-order valence-corrected chi connectivity index (χ1v) is 7.29. The molecule has 1 N–H and O–H groups in total. The summed E-state index contributed by atoms with van der Waals surface area (Å²) in [6.45, 7) is 6.37. The highest BCUT2D eigenvalue weighted by molar-refractivity contribution is 7.10. The van der Waals surface area contributed by atoms with Crippen molar-refractivity contribution in [2.45, 2.75) is 26.8 Å². The van der Waals surface area contributed by atoms with Gasteiger partial charge in [0.25, 0.3) is 0 Å². The molecule has 1 aromatic heterocycles. The van der Waals surface area contributed by atoms with Gasteiger partial charge in [0.05, 0.1) is 11.1 Å². The van der Waals surface area contributed by atoms with Gasteiger partial charge in [-0.25, -0.2) is 0 Å². The molecule has 0 aliphatic heterocycles. The Balaban J connectivity index is 2.52. The van der Waals surface area contributed by atoms with Crippen molar-refractivity contribution in [1.82, 2.24) is 5.32 Å². The zero-order chi connectivity index (χ0) is 13.3. The summed E-state index contributed by atoms with van der Waals surface area (Å²) in [5.74, 6) is 0. The van der Waals surface area contributed by atoms with Gasteiger partial charge in [0.2, 0.25) is 0 Å². The fourth-order valence-electron chi connectivity index (χ4n) is 2.16. The van der Waals surface area contributed by atoms with E-state index in [4.69, 9.17) is 11.6 Å². The predicted molar refractivity (Wildman–Crippen MR) is 80.9 cm³/mol. The number of hydrogen-bond acceptors (Lipinski definition) is 2. The molecule has 1 unspecified atom stereocenters. The summed E-state index contributed by atoms with van der Waals surface area (Å²) >= 11 is 8.12. The Labute approximate surface area is 118 Å². The van der Waals surface area contributed by atoms with Gasteiger partial charge in [0.15, 0.2) is 0 Å². The lowest BCUT2D eigenvalue weighted by atomic mass is 9.96. The third-order valence-electron chi connectivity index (χ3n) is 3.43. The van der Waals surface area contributed by atoms with Crippen LogP contribution in [0.4, 0.5) is 0 Å². The van der Waals surface area contributed by atoms with E-state index in [1.807, 2.05) is 7.05 Å². The van der Waals surface area contributed by atoms with Crippen LogP contribution in [0.2, 0.25) is 5.02 Å². The normalized spacial score (nSPS) is 12.7. The number of benzene rings is 1. The molecule has 3 heteroatoms. The molecule has 0 aliphatic carbocycles. The van der Waals surface area contributed by atoms with Gasteiger partial charge in [0, 0.05) is 4.88 Å². The molecule has 96 valence electrons. The number of rotatable bonds is 3. The molecule has 0 saturated carbocycles. The number of halogens is 1. The maximum atomic E-state index is 6.39. The topological polar surface area (TPSA) is 12.0 Å². The minimum absolute atomic E-state index is 0.177. The summed E-state index contributed by atoms with van der Waals surface area (Å²) in [7, 11) is 1.98. The van der Waals surface area contributed by atoms with Crippen LogP contribution in [0.1, 0.15) is 33.2 Å². The zero-order valence-corrected chi connectivity index (χ0v) is 12.7. The smallest absolute Gasteiger partial charge is 0.0686 e. The molecule has 2 rings (SSSR count).